The number of halogens is 1. The van der Waals surface area contributed by atoms with Gasteiger partial charge < -0.3 is 5.32 Å². The molecule has 0 aliphatic rings. The number of hydrogen-bond donors (Lipinski definition) is 1. The van der Waals surface area contributed by atoms with E-state index in [9.17, 15) is 0 Å². The number of nitrogens with one attached hydrogen (secondary N) is 1. The molecule has 3 heteroatoms. The van der Waals surface area contributed by atoms with Crippen molar-refractivity contribution in [3.8, 4) is 10.4 Å². The van der Waals surface area contributed by atoms with E-state index in [2.05, 4.69) is 23.5 Å². The van der Waals surface area contributed by atoms with Crippen LogP contribution in [0.1, 0.15) is 5.56 Å². The lowest BCUT2D eigenvalue weighted by Crippen LogP contribution is -2.05. The second-order valence-electron chi connectivity index (χ2n) is 3.29. The van der Waals surface area contributed by atoms with Gasteiger partial charge in [0.05, 0.1) is 9.90 Å². The fourth-order valence-corrected chi connectivity index (χ4v) is 2.79. The third-order valence-corrected chi connectivity index (χ3v) is 3.62. The first-order chi connectivity index (χ1) is 7.33. The van der Waals surface area contributed by atoms with Gasteiger partial charge in [0.2, 0.25) is 0 Å². The fourth-order valence-electron chi connectivity index (χ4n) is 1.57. The van der Waals surface area contributed by atoms with Crippen LogP contribution in [0.15, 0.2) is 35.7 Å². The van der Waals surface area contributed by atoms with Crippen LogP contribution in [0.3, 0.4) is 0 Å². The summed E-state index contributed by atoms with van der Waals surface area (Å²) in [5, 5.41) is 6.03. The summed E-state index contributed by atoms with van der Waals surface area (Å²) in [5.74, 6) is 0. The Labute approximate surface area is 98.7 Å². The monoisotopic (exact) mass is 237 g/mol. The molecule has 0 spiro atoms. The van der Waals surface area contributed by atoms with Crippen LogP contribution in [0.5, 0.6) is 0 Å². The minimum Gasteiger partial charge on any atom is -0.316 e. The molecule has 0 saturated carbocycles. The molecule has 0 radical (unpaired) electrons. The van der Waals surface area contributed by atoms with Gasteiger partial charge >= 0.3 is 0 Å². The van der Waals surface area contributed by atoms with Crippen molar-refractivity contribution in [1.29, 1.82) is 0 Å². The molecular weight excluding hydrogens is 226 g/mol. The first-order valence-electron chi connectivity index (χ1n) is 4.79. The van der Waals surface area contributed by atoms with E-state index < -0.39 is 0 Å². The molecule has 1 N–H and O–H groups in total. The lowest BCUT2D eigenvalue weighted by molar-refractivity contribution is 0.820. The Morgan fingerprint density at radius 3 is 2.73 bits per heavy atom. The van der Waals surface area contributed by atoms with Crippen molar-refractivity contribution in [1.82, 2.24) is 5.32 Å². The fraction of sp³-hybridized carbons (Fsp3) is 0.167. The lowest BCUT2D eigenvalue weighted by Gasteiger charge is -2.07. The Balaban J connectivity index is 2.48. The molecule has 1 aromatic heterocycles. The van der Waals surface area contributed by atoms with E-state index in [1.807, 2.05) is 24.6 Å². The summed E-state index contributed by atoms with van der Waals surface area (Å²) < 4.78 is 0. The minimum atomic E-state index is 0.837. The van der Waals surface area contributed by atoms with Gasteiger partial charge in [0, 0.05) is 6.54 Å². The van der Waals surface area contributed by atoms with Crippen molar-refractivity contribution in [3.63, 3.8) is 0 Å². The molecular formula is C12H12ClNS. The third kappa shape index (κ3) is 2.23. The molecule has 0 aliphatic heterocycles. The molecule has 0 aliphatic carbocycles. The highest BCUT2D eigenvalue weighted by atomic mass is 35.5. The van der Waals surface area contributed by atoms with Gasteiger partial charge in [0.25, 0.3) is 0 Å². The average Bonchev–Trinajstić information content (AvgIpc) is 2.66. The van der Waals surface area contributed by atoms with E-state index in [0.29, 0.717) is 0 Å². The molecule has 1 heterocycles. The molecule has 15 heavy (non-hydrogen) atoms. The van der Waals surface area contributed by atoms with E-state index in [1.165, 1.54) is 11.1 Å². The van der Waals surface area contributed by atoms with Gasteiger partial charge in [-0.2, -0.15) is 0 Å². The average molecular weight is 238 g/mol. The number of benzene rings is 1. The van der Waals surface area contributed by atoms with E-state index in [0.717, 1.165) is 16.4 Å². The van der Waals surface area contributed by atoms with Crippen LogP contribution in [0, 0.1) is 0 Å². The molecule has 0 atom stereocenters. The van der Waals surface area contributed by atoms with Crippen LogP contribution < -0.4 is 5.32 Å². The SMILES string of the molecule is CNCc1ccccc1-c1sccc1Cl. The van der Waals surface area contributed by atoms with Crippen molar-refractivity contribution >= 4 is 22.9 Å². The lowest BCUT2D eigenvalue weighted by atomic mass is 10.1. The van der Waals surface area contributed by atoms with Gasteiger partial charge in [-0.1, -0.05) is 35.9 Å². The van der Waals surface area contributed by atoms with Crippen LogP contribution in [0.25, 0.3) is 10.4 Å². The van der Waals surface area contributed by atoms with Gasteiger partial charge in [-0.25, -0.2) is 0 Å². The molecule has 2 rings (SSSR count). The zero-order chi connectivity index (χ0) is 10.7. The Kier molecular flexibility index (Phi) is 3.41. The second-order valence-corrected chi connectivity index (χ2v) is 4.61. The van der Waals surface area contributed by atoms with Crippen molar-refractivity contribution in [2.45, 2.75) is 6.54 Å². The number of thiophene rings is 1. The highest BCUT2D eigenvalue weighted by Gasteiger charge is 2.08. The summed E-state index contributed by atoms with van der Waals surface area (Å²) >= 11 is 7.82. The van der Waals surface area contributed by atoms with Gasteiger partial charge in [-0.15, -0.1) is 11.3 Å². The smallest absolute Gasteiger partial charge is 0.0592 e. The summed E-state index contributed by atoms with van der Waals surface area (Å²) in [6, 6.07) is 10.3. The summed E-state index contributed by atoms with van der Waals surface area (Å²) in [7, 11) is 1.95. The predicted molar refractivity (Wildman–Crippen MR) is 67.5 cm³/mol. The highest BCUT2D eigenvalue weighted by molar-refractivity contribution is 7.14. The van der Waals surface area contributed by atoms with Gasteiger partial charge in [-0.3, -0.25) is 0 Å². The molecule has 1 aromatic carbocycles. The molecule has 0 bridgehead atoms. The predicted octanol–water partition coefficient (Wildman–Crippen LogP) is 3.79. The van der Waals surface area contributed by atoms with Crippen LogP contribution in [-0.2, 0) is 6.54 Å². The van der Waals surface area contributed by atoms with Gasteiger partial charge in [-0.05, 0) is 29.6 Å². The van der Waals surface area contributed by atoms with Crippen molar-refractivity contribution in [2.75, 3.05) is 7.05 Å². The van der Waals surface area contributed by atoms with E-state index in [-0.39, 0.29) is 0 Å². The zero-order valence-electron chi connectivity index (χ0n) is 8.46. The maximum Gasteiger partial charge on any atom is 0.0592 e. The maximum atomic E-state index is 6.14. The molecule has 2 aromatic rings. The summed E-state index contributed by atoms with van der Waals surface area (Å²) in [4.78, 5) is 1.16. The van der Waals surface area contributed by atoms with Crippen LogP contribution in [0.4, 0.5) is 0 Å². The molecule has 0 amide bonds. The van der Waals surface area contributed by atoms with Gasteiger partial charge in [0.1, 0.15) is 0 Å². The van der Waals surface area contributed by atoms with Gasteiger partial charge in [0.15, 0.2) is 0 Å². The Morgan fingerprint density at radius 1 is 1.27 bits per heavy atom. The molecule has 0 unspecified atom stereocenters. The standard InChI is InChI=1S/C12H12ClNS/c1-14-8-9-4-2-3-5-10(9)12-11(13)6-7-15-12/h2-7,14H,8H2,1H3. The van der Waals surface area contributed by atoms with E-state index >= 15 is 0 Å². The maximum absolute atomic E-state index is 6.14. The highest BCUT2D eigenvalue weighted by Crippen LogP contribution is 2.35. The molecule has 78 valence electrons. The minimum absolute atomic E-state index is 0.837. The van der Waals surface area contributed by atoms with Crippen molar-refractivity contribution in [2.24, 2.45) is 0 Å². The van der Waals surface area contributed by atoms with E-state index in [4.69, 9.17) is 11.6 Å². The number of hydrogen-bond acceptors (Lipinski definition) is 2. The summed E-state index contributed by atoms with van der Waals surface area (Å²) in [6.45, 7) is 0.865. The molecule has 0 saturated heterocycles. The van der Waals surface area contributed by atoms with Crippen molar-refractivity contribution in [3.05, 3.63) is 46.3 Å². The molecule has 1 nitrogen and oxygen atoms in total. The normalized spacial score (nSPS) is 10.5. The van der Waals surface area contributed by atoms with Crippen molar-refractivity contribution < 1.29 is 0 Å². The first-order valence-corrected chi connectivity index (χ1v) is 6.04. The summed E-state index contributed by atoms with van der Waals surface area (Å²) in [6.07, 6.45) is 0. The number of rotatable bonds is 3. The Morgan fingerprint density at radius 2 is 2.07 bits per heavy atom. The van der Waals surface area contributed by atoms with E-state index in [1.54, 1.807) is 11.3 Å². The Hall–Kier alpha value is -0.830. The third-order valence-electron chi connectivity index (χ3n) is 2.25. The van der Waals surface area contributed by atoms with Crippen LogP contribution >= 0.6 is 22.9 Å². The zero-order valence-corrected chi connectivity index (χ0v) is 10.0. The van der Waals surface area contributed by atoms with Crippen LogP contribution in [0.2, 0.25) is 5.02 Å². The van der Waals surface area contributed by atoms with Crippen LogP contribution in [-0.4, -0.2) is 7.05 Å². The topological polar surface area (TPSA) is 12.0 Å². The molecule has 0 fully saturated rings. The Bertz CT molecular complexity index is 450. The first kappa shape index (κ1) is 10.7. The summed E-state index contributed by atoms with van der Waals surface area (Å²) in [5.41, 5.74) is 2.51. The second kappa shape index (κ2) is 4.79. The quantitative estimate of drug-likeness (QED) is 0.857. The largest absolute Gasteiger partial charge is 0.316 e.